The molecule has 0 aliphatic rings. The van der Waals surface area contributed by atoms with E-state index in [0.717, 1.165) is 0 Å². The molecule has 1 nitrogen and oxygen atoms in total. The van der Waals surface area contributed by atoms with Crippen LogP contribution in [0.25, 0.3) is 0 Å². The van der Waals surface area contributed by atoms with Gasteiger partial charge in [0.1, 0.15) is 5.82 Å². The first-order valence-electron chi connectivity index (χ1n) is 4.50. The van der Waals surface area contributed by atoms with Gasteiger partial charge in [0.25, 0.3) is 0 Å². The second-order valence-electron chi connectivity index (χ2n) is 3.26. The minimum absolute atomic E-state index is 0.137. The maximum Gasteiger partial charge on any atom is 0.175 e. The van der Waals surface area contributed by atoms with E-state index in [1.807, 2.05) is 13.8 Å². The van der Waals surface area contributed by atoms with Gasteiger partial charge in [-0.3, -0.25) is 4.79 Å². The smallest absolute Gasteiger partial charge is 0.175 e. The normalized spacial score (nSPS) is 10.6. The van der Waals surface area contributed by atoms with Gasteiger partial charge in [-0.1, -0.05) is 26.0 Å². The highest BCUT2D eigenvalue weighted by atomic mass is 32.2. The highest BCUT2D eigenvalue weighted by Gasteiger charge is 2.11. The van der Waals surface area contributed by atoms with E-state index in [4.69, 9.17) is 0 Å². The van der Waals surface area contributed by atoms with E-state index < -0.39 is 5.82 Å². The number of ketones is 1. The van der Waals surface area contributed by atoms with E-state index in [1.54, 1.807) is 12.1 Å². The summed E-state index contributed by atoms with van der Waals surface area (Å²) in [6.07, 6.45) is 0. The average Bonchev–Trinajstić information content (AvgIpc) is 2.15. The molecule has 0 heterocycles. The number of carbonyl (C=O) groups excluding carboxylic acids is 1. The predicted molar refractivity (Wildman–Crippen MR) is 58.3 cm³/mol. The van der Waals surface area contributed by atoms with Crippen LogP contribution in [0.15, 0.2) is 24.3 Å². The Hall–Kier alpha value is -0.830. The molecular weight excluding hydrogens is 199 g/mol. The number of rotatable bonds is 4. The van der Waals surface area contributed by atoms with Crippen molar-refractivity contribution in [1.82, 2.24) is 0 Å². The molecule has 0 unspecified atom stereocenters. The summed E-state index contributed by atoms with van der Waals surface area (Å²) in [4.78, 5) is 11.5. The number of halogens is 1. The van der Waals surface area contributed by atoms with Gasteiger partial charge in [-0.15, -0.1) is 0 Å². The molecule has 1 aromatic rings. The Morgan fingerprint density at radius 1 is 1.43 bits per heavy atom. The molecule has 3 heteroatoms. The van der Waals surface area contributed by atoms with E-state index in [2.05, 4.69) is 0 Å². The zero-order chi connectivity index (χ0) is 10.6. The van der Waals surface area contributed by atoms with Gasteiger partial charge in [0.2, 0.25) is 0 Å². The molecule has 14 heavy (non-hydrogen) atoms. The SMILES string of the molecule is CC(C)SCC(=O)c1ccccc1F. The Labute approximate surface area is 87.7 Å². The Morgan fingerprint density at radius 2 is 2.07 bits per heavy atom. The zero-order valence-corrected chi connectivity index (χ0v) is 9.10. The standard InChI is InChI=1S/C11H13FOS/c1-8(2)14-7-11(13)9-5-3-4-6-10(9)12/h3-6,8H,7H2,1-2H3. The maximum atomic E-state index is 13.1. The lowest BCUT2D eigenvalue weighted by Gasteiger charge is -2.04. The third-order valence-corrected chi connectivity index (χ3v) is 2.82. The lowest BCUT2D eigenvalue weighted by Crippen LogP contribution is -2.06. The molecule has 0 amide bonds. The molecule has 0 aliphatic heterocycles. The molecule has 0 aromatic heterocycles. The fraction of sp³-hybridized carbons (Fsp3) is 0.364. The molecule has 0 saturated heterocycles. The zero-order valence-electron chi connectivity index (χ0n) is 8.29. The van der Waals surface area contributed by atoms with Crippen LogP contribution in [-0.2, 0) is 0 Å². The van der Waals surface area contributed by atoms with Gasteiger partial charge in [-0.2, -0.15) is 11.8 Å². The minimum atomic E-state index is -0.429. The summed E-state index contributed by atoms with van der Waals surface area (Å²) in [5.41, 5.74) is 0.195. The molecule has 0 N–H and O–H groups in total. The van der Waals surface area contributed by atoms with Crippen LogP contribution >= 0.6 is 11.8 Å². The highest BCUT2D eigenvalue weighted by molar-refractivity contribution is 8.00. The quantitative estimate of drug-likeness (QED) is 0.713. The maximum absolute atomic E-state index is 13.1. The molecule has 0 radical (unpaired) electrons. The molecular formula is C11H13FOS. The second kappa shape index (κ2) is 5.15. The third kappa shape index (κ3) is 3.14. The Kier molecular flexibility index (Phi) is 4.14. The van der Waals surface area contributed by atoms with Crippen molar-refractivity contribution in [3.8, 4) is 0 Å². The van der Waals surface area contributed by atoms with Crippen LogP contribution in [0.4, 0.5) is 4.39 Å². The Balaban J connectivity index is 2.65. The largest absolute Gasteiger partial charge is 0.293 e. The number of Topliss-reactive ketones (excluding diaryl/α,β-unsaturated/α-hetero) is 1. The average molecular weight is 212 g/mol. The monoisotopic (exact) mass is 212 g/mol. The molecule has 0 fully saturated rings. The van der Waals surface area contributed by atoms with Gasteiger partial charge in [0.15, 0.2) is 5.78 Å². The number of thioether (sulfide) groups is 1. The summed E-state index contributed by atoms with van der Waals surface area (Å²) in [6.45, 7) is 4.03. The van der Waals surface area contributed by atoms with Crippen LogP contribution in [0.2, 0.25) is 0 Å². The number of benzene rings is 1. The highest BCUT2D eigenvalue weighted by Crippen LogP contribution is 2.14. The van der Waals surface area contributed by atoms with E-state index in [-0.39, 0.29) is 11.3 Å². The van der Waals surface area contributed by atoms with E-state index in [1.165, 1.54) is 23.9 Å². The van der Waals surface area contributed by atoms with Crippen LogP contribution in [0, 0.1) is 5.82 Å². The van der Waals surface area contributed by atoms with Crippen molar-refractivity contribution in [2.45, 2.75) is 19.1 Å². The van der Waals surface area contributed by atoms with Crippen molar-refractivity contribution in [2.75, 3.05) is 5.75 Å². The Morgan fingerprint density at radius 3 is 2.64 bits per heavy atom. The first-order chi connectivity index (χ1) is 6.61. The summed E-state index contributed by atoms with van der Waals surface area (Å²) >= 11 is 1.53. The predicted octanol–water partition coefficient (Wildman–Crippen LogP) is 3.15. The van der Waals surface area contributed by atoms with Gasteiger partial charge < -0.3 is 0 Å². The molecule has 1 rings (SSSR count). The summed E-state index contributed by atoms with van der Waals surface area (Å²) < 4.78 is 13.1. The third-order valence-electron chi connectivity index (χ3n) is 1.72. The van der Waals surface area contributed by atoms with Crippen LogP contribution < -0.4 is 0 Å². The molecule has 0 saturated carbocycles. The van der Waals surface area contributed by atoms with Gasteiger partial charge in [0, 0.05) is 0 Å². The van der Waals surface area contributed by atoms with Gasteiger partial charge >= 0.3 is 0 Å². The van der Waals surface area contributed by atoms with Crippen molar-refractivity contribution >= 4 is 17.5 Å². The van der Waals surface area contributed by atoms with Gasteiger partial charge in [-0.05, 0) is 17.4 Å². The van der Waals surface area contributed by atoms with Crippen LogP contribution in [0.3, 0.4) is 0 Å². The number of hydrogen-bond acceptors (Lipinski definition) is 2. The topological polar surface area (TPSA) is 17.1 Å². The van der Waals surface area contributed by atoms with Crippen LogP contribution in [-0.4, -0.2) is 16.8 Å². The fourth-order valence-corrected chi connectivity index (χ4v) is 1.65. The summed E-state index contributed by atoms with van der Waals surface area (Å²) in [6, 6.07) is 6.10. The van der Waals surface area contributed by atoms with Gasteiger partial charge in [0.05, 0.1) is 11.3 Å². The number of hydrogen-bond donors (Lipinski definition) is 0. The van der Waals surface area contributed by atoms with Crippen molar-refractivity contribution in [3.63, 3.8) is 0 Å². The molecule has 0 spiro atoms. The second-order valence-corrected chi connectivity index (χ2v) is 4.83. The fourth-order valence-electron chi connectivity index (χ4n) is 1.01. The molecule has 0 atom stereocenters. The van der Waals surface area contributed by atoms with E-state index in [9.17, 15) is 9.18 Å². The summed E-state index contributed by atoms with van der Waals surface area (Å²) in [7, 11) is 0. The van der Waals surface area contributed by atoms with E-state index >= 15 is 0 Å². The molecule has 1 aromatic carbocycles. The van der Waals surface area contributed by atoms with Crippen molar-refractivity contribution < 1.29 is 9.18 Å². The Bertz CT molecular complexity index is 323. The lowest BCUT2D eigenvalue weighted by atomic mass is 10.1. The molecule has 0 aliphatic carbocycles. The van der Waals surface area contributed by atoms with E-state index in [0.29, 0.717) is 11.0 Å². The van der Waals surface area contributed by atoms with Crippen molar-refractivity contribution in [1.29, 1.82) is 0 Å². The van der Waals surface area contributed by atoms with Crippen molar-refractivity contribution in [3.05, 3.63) is 35.6 Å². The van der Waals surface area contributed by atoms with Gasteiger partial charge in [-0.25, -0.2) is 4.39 Å². The molecule has 76 valence electrons. The molecule has 0 bridgehead atoms. The van der Waals surface area contributed by atoms with Crippen LogP contribution in [0.1, 0.15) is 24.2 Å². The number of carbonyl (C=O) groups is 1. The first kappa shape index (κ1) is 11.2. The lowest BCUT2D eigenvalue weighted by molar-refractivity contribution is 0.101. The van der Waals surface area contributed by atoms with Crippen LogP contribution in [0.5, 0.6) is 0 Å². The summed E-state index contributed by atoms with van der Waals surface area (Å²) in [5, 5.41) is 0.394. The van der Waals surface area contributed by atoms with Crippen molar-refractivity contribution in [2.24, 2.45) is 0 Å². The summed E-state index contributed by atoms with van der Waals surface area (Å²) in [5.74, 6) is -0.220. The minimum Gasteiger partial charge on any atom is -0.293 e. The first-order valence-corrected chi connectivity index (χ1v) is 5.55.